The van der Waals surface area contributed by atoms with Gasteiger partial charge in [-0.25, -0.2) is 0 Å². The summed E-state index contributed by atoms with van der Waals surface area (Å²) < 4.78 is 0. The first kappa shape index (κ1) is 10.9. The van der Waals surface area contributed by atoms with Gasteiger partial charge in [0.25, 0.3) is 0 Å². The minimum Gasteiger partial charge on any atom is -0.399 e. The van der Waals surface area contributed by atoms with Crippen LogP contribution in [0.25, 0.3) is 0 Å². The number of anilines is 2. The minimum absolute atomic E-state index is 0.297. The lowest BCUT2D eigenvalue weighted by Gasteiger charge is -2.21. The van der Waals surface area contributed by atoms with Crippen molar-refractivity contribution in [3.8, 4) is 0 Å². The van der Waals surface area contributed by atoms with Gasteiger partial charge in [-0.05, 0) is 18.6 Å². The number of nitrogen functional groups attached to an aromatic ring is 1. The summed E-state index contributed by atoms with van der Waals surface area (Å²) in [4.78, 5) is 1.98. The number of nitrogens with two attached hydrogens (primary N) is 1. The molecule has 1 aliphatic heterocycles. The molecule has 1 aliphatic rings. The van der Waals surface area contributed by atoms with Crippen LogP contribution in [0.3, 0.4) is 0 Å². The molecule has 82 valence electrons. The predicted molar refractivity (Wildman–Crippen MR) is 63.7 cm³/mol. The van der Waals surface area contributed by atoms with Gasteiger partial charge >= 0.3 is 0 Å². The molecule has 1 atom stereocenters. The van der Waals surface area contributed by atoms with E-state index in [0.29, 0.717) is 22.3 Å². The van der Waals surface area contributed by atoms with Crippen molar-refractivity contribution in [1.82, 2.24) is 0 Å². The van der Waals surface area contributed by atoms with E-state index in [9.17, 15) is 5.11 Å². The normalized spacial score (nSPS) is 21.0. The average Bonchev–Trinajstić information content (AvgIpc) is 2.49. The van der Waals surface area contributed by atoms with Gasteiger partial charge in [0.2, 0.25) is 0 Å². The first-order valence-electron chi connectivity index (χ1n) is 4.75. The third kappa shape index (κ3) is 2.14. The van der Waals surface area contributed by atoms with Crippen molar-refractivity contribution >= 4 is 34.6 Å². The Labute approximate surface area is 98.4 Å². The second-order valence-electron chi connectivity index (χ2n) is 3.72. The molecule has 1 saturated heterocycles. The van der Waals surface area contributed by atoms with Gasteiger partial charge in [-0.1, -0.05) is 23.2 Å². The molecule has 0 bridgehead atoms. The molecule has 0 amide bonds. The molecule has 0 spiro atoms. The Morgan fingerprint density at radius 3 is 2.40 bits per heavy atom. The van der Waals surface area contributed by atoms with Gasteiger partial charge in [0.15, 0.2) is 0 Å². The first-order chi connectivity index (χ1) is 7.08. The Kier molecular flexibility index (Phi) is 2.96. The van der Waals surface area contributed by atoms with E-state index in [2.05, 4.69) is 0 Å². The summed E-state index contributed by atoms with van der Waals surface area (Å²) in [6, 6.07) is 3.35. The lowest BCUT2D eigenvalue weighted by molar-refractivity contribution is 0.198. The van der Waals surface area contributed by atoms with Crippen molar-refractivity contribution in [2.24, 2.45) is 0 Å². The van der Waals surface area contributed by atoms with Crippen LogP contribution in [0.15, 0.2) is 12.1 Å². The van der Waals surface area contributed by atoms with Gasteiger partial charge in [-0.3, -0.25) is 0 Å². The highest BCUT2D eigenvalue weighted by Crippen LogP contribution is 2.37. The zero-order chi connectivity index (χ0) is 11.0. The largest absolute Gasteiger partial charge is 0.399 e. The lowest BCUT2D eigenvalue weighted by Crippen LogP contribution is -2.21. The van der Waals surface area contributed by atoms with Crippen molar-refractivity contribution in [3.05, 3.63) is 22.2 Å². The maximum atomic E-state index is 9.44. The Bertz CT molecular complexity index is 361. The van der Waals surface area contributed by atoms with Gasteiger partial charge in [0.05, 0.1) is 21.8 Å². The number of nitrogens with zero attached hydrogens (tertiary/aromatic N) is 1. The number of benzene rings is 1. The molecule has 15 heavy (non-hydrogen) atoms. The molecular weight excluding hydrogens is 235 g/mol. The minimum atomic E-state index is -0.297. The first-order valence-corrected chi connectivity index (χ1v) is 5.51. The van der Waals surface area contributed by atoms with Crippen molar-refractivity contribution in [3.63, 3.8) is 0 Å². The van der Waals surface area contributed by atoms with Gasteiger partial charge in [0, 0.05) is 18.8 Å². The molecule has 3 nitrogen and oxygen atoms in total. The number of β-amino-alcohol motifs (C(OH)–C–C–N with tert-alkyl or cyclic N) is 1. The molecule has 1 aromatic rings. The van der Waals surface area contributed by atoms with Gasteiger partial charge in [0.1, 0.15) is 0 Å². The molecule has 0 saturated carbocycles. The quantitative estimate of drug-likeness (QED) is 0.747. The van der Waals surface area contributed by atoms with Crippen molar-refractivity contribution in [2.75, 3.05) is 23.7 Å². The molecule has 0 aromatic heterocycles. The van der Waals surface area contributed by atoms with E-state index in [0.717, 1.165) is 18.7 Å². The third-order valence-electron chi connectivity index (χ3n) is 2.52. The Balaban J connectivity index is 2.35. The van der Waals surface area contributed by atoms with E-state index in [1.807, 2.05) is 4.90 Å². The van der Waals surface area contributed by atoms with Gasteiger partial charge < -0.3 is 15.7 Å². The molecule has 1 unspecified atom stereocenters. The SMILES string of the molecule is Nc1cc(Cl)c(N2CCC(O)C2)c(Cl)c1. The van der Waals surface area contributed by atoms with Gasteiger partial charge in [-0.15, -0.1) is 0 Å². The highest BCUT2D eigenvalue weighted by molar-refractivity contribution is 6.39. The van der Waals surface area contributed by atoms with Crippen LogP contribution in [-0.2, 0) is 0 Å². The number of hydrogen-bond donors (Lipinski definition) is 2. The summed E-state index contributed by atoms with van der Waals surface area (Å²) in [7, 11) is 0. The second-order valence-corrected chi connectivity index (χ2v) is 4.54. The van der Waals surface area contributed by atoms with Crippen molar-refractivity contribution < 1.29 is 5.11 Å². The Morgan fingerprint density at radius 2 is 1.93 bits per heavy atom. The molecule has 1 aromatic carbocycles. The summed E-state index contributed by atoms with van der Waals surface area (Å²) in [5.41, 5.74) is 6.93. The molecule has 5 heteroatoms. The number of aliphatic hydroxyl groups is 1. The summed E-state index contributed by atoms with van der Waals surface area (Å²) in [6.07, 6.45) is 0.450. The van der Waals surface area contributed by atoms with E-state index >= 15 is 0 Å². The van der Waals surface area contributed by atoms with Crippen LogP contribution in [0.1, 0.15) is 6.42 Å². The molecule has 2 rings (SSSR count). The van der Waals surface area contributed by atoms with E-state index in [-0.39, 0.29) is 6.10 Å². The van der Waals surface area contributed by atoms with Crippen LogP contribution < -0.4 is 10.6 Å². The maximum absolute atomic E-state index is 9.44. The second kappa shape index (κ2) is 4.08. The fraction of sp³-hybridized carbons (Fsp3) is 0.400. The molecule has 3 N–H and O–H groups in total. The monoisotopic (exact) mass is 246 g/mol. The van der Waals surface area contributed by atoms with Crippen LogP contribution in [-0.4, -0.2) is 24.3 Å². The summed E-state index contributed by atoms with van der Waals surface area (Å²) in [5, 5.41) is 10.5. The molecule has 0 radical (unpaired) electrons. The summed E-state index contributed by atoms with van der Waals surface area (Å²) in [6.45, 7) is 1.34. The summed E-state index contributed by atoms with van der Waals surface area (Å²) in [5.74, 6) is 0. The van der Waals surface area contributed by atoms with E-state index in [4.69, 9.17) is 28.9 Å². The van der Waals surface area contributed by atoms with Crippen LogP contribution in [0, 0.1) is 0 Å². The standard InChI is InChI=1S/C10H12Cl2N2O/c11-8-3-6(13)4-9(12)10(8)14-2-1-7(15)5-14/h3-4,7,15H,1-2,5,13H2. The molecule has 1 heterocycles. The van der Waals surface area contributed by atoms with Gasteiger partial charge in [-0.2, -0.15) is 0 Å². The zero-order valence-electron chi connectivity index (χ0n) is 8.08. The topological polar surface area (TPSA) is 49.5 Å². The van der Waals surface area contributed by atoms with Crippen LogP contribution in [0.2, 0.25) is 10.0 Å². The fourth-order valence-corrected chi connectivity index (χ4v) is 2.58. The van der Waals surface area contributed by atoms with E-state index in [1.165, 1.54) is 0 Å². The maximum Gasteiger partial charge on any atom is 0.0747 e. The third-order valence-corrected chi connectivity index (χ3v) is 3.10. The molecule has 1 fully saturated rings. The number of aliphatic hydroxyl groups excluding tert-OH is 1. The number of hydrogen-bond acceptors (Lipinski definition) is 3. The van der Waals surface area contributed by atoms with Crippen molar-refractivity contribution in [1.29, 1.82) is 0 Å². The highest BCUT2D eigenvalue weighted by Gasteiger charge is 2.24. The fourth-order valence-electron chi connectivity index (χ4n) is 1.83. The zero-order valence-corrected chi connectivity index (χ0v) is 9.59. The van der Waals surface area contributed by atoms with Crippen LogP contribution in [0.5, 0.6) is 0 Å². The summed E-state index contributed by atoms with van der Waals surface area (Å²) >= 11 is 12.1. The number of rotatable bonds is 1. The highest BCUT2D eigenvalue weighted by atomic mass is 35.5. The predicted octanol–water partition coefficient (Wildman–Crippen LogP) is 2.15. The lowest BCUT2D eigenvalue weighted by atomic mass is 10.2. The molecule has 0 aliphatic carbocycles. The van der Waals surface area contributed by atoms with E-state index < -0.39 is 0 Å². The van der Waals surface area contributed by atoms with E-state index in [1.54, 1.807) is 12.1 Å². The Hall–Kier alpha value is -0.640. The van der Waals surface area contributed by atoms with Crippen LogP contribution in [0.4, 0.5) is 11.4 Å². The number of halogens is 2. The van der Waals surface area contributed by atoms with Crippen LogP contribution >= 0.6 is 23.2 Å². The average molecular weight is 247 g/mol. The Morgan fingerprint density at radius 1 is 1.33 bits per heavy atom. The smallest absolute Gasteiger partial charge is 0.0747 e. The molecular formula is C10H12Cl2N2O. The van der Waals surface area contributed by atoms with Crippen molar-refractivity contribution in [2.45, 2.75) is 12.5 Å².